The average molecular weight is 336 g/mol. The number of nitrogens with one attached hydrogen (secondary N) is 1. The Morgan fingerprint density at radius 2 is 2.18 bits per heavy atom. The number of rotatable bonds is 3. The summed E-state index contributed by atoms with van der Waals surface area (Å²) in [6.45, 7) is 4.42. The zero-order valence-electron chi connectivity index (χ0n) is 13.6. The van der Waals surface area contributed by atoms with Crippen LogP contribution >= 0.6 is 23.1 Å². The molecule has 1 saturated carbocycles. The molecule has 1 aliphatic carbocycles. The first-order chi connectivity index (χ1) is 10.5. The van der Waals surface area contributed by atoms with Crippen LogP contribution in [-0.2, 0) is 11.2 Å². The standard InChI is InChI=1S/C18H25NOS2/c1-18(2)11-17-12(8-9-22-17)14(19-18)10-15(20)13-6-4-5-7-16(13)21-3/h8-10,13,16,19H,4-7,11H2,1-3H3/b14-10+. The topological polar surface area (TPSA) is 29.1 Å². The smallest absolute Gasteiger partial charge is 0.161 e. The summed E-state index contributed by atoms with van der Waals surface area (Å²) >= 11 is 3.67. The number of allylic oxidation sites excluding steroid dienone is 1. The Morgan fingerprint density at radius 3 is 2.95 bits per heavy atom. The van der Waals surface area contributed by atoms with E-state index in [9.17, 15) is 4.79 Å². The third-order valence-electron chi connectivity index (χ3n) is 4.77. The van der Waals surface area contributed by atoms with Crippen molar-refractivity contribution >= 4 is 34.6 Å². The third-order valence-corrected chi connectivity index (χ3v) is 6.86. The molecule has 2 unspecified atom stereocenters. The Bertz CT molecular complexity index is 588. The van der Waals surface area contributed by atoms with E-state index in [1.807, 2.05) is 17.8 Å². The van der Waals surface area contributed by atoms with Gasteiger partial charge in [-0.25, -0.2) is 0 Å². The fourth-order valence-corrected chi connectivity index (χ4v) is 5.78. The SMILES string of the molecule is CSC1CCCCC1C(=O)/C=C1/NC(C)(C)Cc2sccc21. The first-order valence-electron chi connectivity index (χ1n) is 8.13. The summed E-state index contributed by atoms with van der Waals surface area (Å²) in [5.74, 6) is 0.515. The van der Waals surface area contributed by atoms with Gasteiger partial charge in [-0.15, -0.1) is 11.3 Å². The van der Waals surface area contributed by atoms with Gasteiger partial charge in [0.1, 0.15) is 0 Å². The van der Waals surface area contributed by atoms with Gasteiger partial charge < -0.3 is 5.32 Å². The first-order valence-corrected chi connectivity index (χ1v) is 10.3. The van der Waals surface area contributed by atoms with Crippen molar-refractivity contribution in [2.45, 2.75) is 56.7 Å². The van der Waals surface area contributed by atoms with Gasteiger partial charge in [-0.2, -0.15) is 11.8 Å². The number of hydrogen-bond acceptors (Lipinski definition) is 4. The lowest BCUT2D eigenvalue weighted by molar-refractivity contribution is -0.118. The molecule has 22 heavy (non-hydrogen) atoms. The Morgan fingerprint density at radius 1 is 1.41 bits per heavy atom. The van der Waals surface area contributed by atoms with Gasteiger partial charge >= 0.3 is 0 Å². The highest BCUT2D eigenvalue weighted by Crippen LogP contribution is 2.36. The normalized spacial score (nSPS) is 29.0. The van der Waals surface area contributed by atoms with Crippen LogP contribution in [0.15, 0.2) is 17.5 Å². The van der Waals surface area contributed by atoms with Crippen LogP contribution in [0, 0.1) is 5.92 Å². The predicted molar refractivity (Wildman–Crippen MR) is 97.5 cm³/mol. The molecular weight excluding hydrogens is 310 g/mol. The number of hydrogen-bond donors (Lipinski definition) is 1. The maximum absolute atomic E-state index is 12.9. The Hall–Kier alpha value is -0.740. The number of ketones is 1. The van der Waals surface area contributed by atoms with Crippen LogP contribution in [0.4, 0.5) is 0 Å². The van der Waals surface area contributed by atoms with E-state index < -0.39 is 0 Å². The van der Waals surface area contributed by atoms with Gasteiger partial charge in [0, 0.05) is 45.3 Å². The van der Waals surface area contributed by atoms with Crippen LogP contribution in [0.5, 0.6) is 0 Å². The summed E-state index contributed by atoms with van der Waals surface area (Å²) in [7, 11) is 0. The molecule has 1 fully saturated rings. The van der Waals surface area contributed by atoms with E-state index in [2.05, 4.69) is 36.9 Å². The second-order valence-corrected chi connectivity index (χ2v) is 9.15. The van der Waals surface area contributed by atoms with Crippen molar-refractivity contribution in [3.8, 4) is 0 Å². The van der Waals surface area contributed by atoms with Crippen LogP contribution in [0.2, 0.25) is 0 Å². The number of carbonyl (C=O) groups excluding carboxylic acids is 1. The van der Waals surface area contributed by atoms with E-state index in [-0.39, 0.29) is 11.5 Å². The summed E-state index contributed by atoms with van der Waals surface area (Å²) in [6.07, 6.45) is 9.76. The molecule has 0 amide bonds. The Kier molecular flexibility index (Phi) is 4.69. The van der Waals surface area contributed by atoms with Gasteiger partial charge in [0.25, 0.3) is 0 Å². The summed E-state index contributed by atoms with van der Waals surface area (Å²) in [6, 6.07) is 2.15. The molecule has 2 atom stereocenters. The first kappa shape index (κ1) is 16.1. The number of fused-ring (bicyclic) bond motifs is 1. The van der Waals surface area contributed by atoms with E-state index in [1.54, 1.807) is 11.3 Å². The van der Waals surface area contributed by atoms with Gasteiger partial charge in [0.05, 0.1) is 0 Å². The average Bonchev–Trinajstić information content (AvgIpc) is 2.94. The molecule has 1 aromatic rings. The van der Waals surface area contributed by atoms with Crippen LogP contribution in [-0.4, -0.2) is 22.8 Å². The molecule has 0 aromatic carbocycles. The minimum Gasteiger partial charge on any atom is -0.379 e. The van der Waals surface area contributed by atoms with E-state index in [0.717, 1.165) is 18.5 Å². The van der Waals surface area contributed by atoms with Crippen LogP contribution in [0.1, 0.15) is 50.0 Å². The van der Waals surface area contributed by atoms with Crippen LogP contribution in [0.3, 0.4) is 0 Å². The van der Waals surface area contributed by atoms with Crippen molar-refractivity contribution in [3.63, 3.8) is 0 Å². The number of thioether (sulfide) groups is 1. The molecule has 1 aromatic heterocycles. The van der Waals surface area contributed by atoms with Crippen LogP contribution in [0.25, 0.3) is 5.70 Å². The molecule has 2 heterocycles. The van der Waals surface area contributed by atoms with Gasteiger partial charge in [0.2, 0.25) is 0 Å². The third kappa shape index (κ3) is 3.28. The fourth-order valence-electron chi connectivity index (χ4n) is 3.66. The molecule has 1 N–H and O–H groups in total. The second kappa shape index (κ2) is 6.40. The maximum atomic E-state index is 12.9. The van der Waals surface area contributed by atoms with E-state index in [4.69, 9.17) is 0 Å². The molecule has 0 spiro atoms. The highest BCUT2D eigenvalue weighted by molar-refractivity contribution is 7.99. The minimum atomic E-state index is 0.0233. The molecule has 1 aliphatic heterocycles. The highest BCUT2D eigenvalue weighted by Gasteiger charge is 2.32. The van der Waals surface area contributed by atoms with Gasteiger partial charge in [-0.1, -0.05) is 12.8 Å². The largest absolute Gasteiger partial charge is 0.379 e. The quantitative estimate of drug-likeness (QED) is 0.824. The molecule has 4 heteroatoms. The monoisotopic (exact) mass is 335 g/mol. The Balaban J connectivity index is 1.86. The minimum absolute atomic E-state index is 0.0233. The summed E-state index contributed by atoms with van der Waals surface area (Å²) in [4.78, 5) is 14.2. The van der Waals surface area contributed by atoms with E-state index >= 15 is 0 Å². The molecule has 0 saturated heterocycles. The maximum Gasteiger partial charge on any atom is 0.161 e. The summed E-state index contributed by atoms with van der Waals surface area (Å²) in [5.41, 5.74) is 2.28. The predicted octanol–water partition coefficient (Wildman–Crippen LogP) is 4.50. The number of carbonyl (C=O) groups is 1. The van der Waals surface area contributed by atoms with E-state index in [0.29, 0.717) is 11.0 Å². The summed E-state index contributed by atoms with van der Waals surface area (Å²) in [5, 5.41) is 6.21. The van der Waals surface area contributed by atoms with Crippen molar-refractivity contribution in [1.29, 1.82) is 0 Å². The highest BCUT2D eigenvalue weighted by atomic mass is 32.2. The van der Waals surface area contributed by atoms with E-state index in [1.165, 1.54) is 29.7 Å². The Labute approximate surface area is 141 Å². The molecule has 2 nitrogen and oxygen atoms in total. The lowest BCUT2D eigenvalue weighted by Crippen LogP contribution is -2.43. The van der Waals surface area contributed by atoms with Crippen molar-refractivity contribution in [1.82, 2.24) is 5.32 Å². The van der Waals surface area contributed by atoms with Crippen molar-refractivity contribution in [3.05, 3.63) is 28.0 Å². The summed E-state index contributed by atoms with van der Waals surface area (Å²) < 4.78 is 0. The molecule has 0 radical (unpaired) electrons. The fraction of sp³-hybridized carbons (Fsp3) is 0.611. The number of thiophene rings is 1. The molecule has 0 bridgehead atoms. The second-order valence-electron chi connectivity index (χ2n) is 7.07. The van der Waals surface area contributed by atoms with Crippen molar-refractivity contribution in [2.75, 3.05) is 6.26 Å². The van der Waals surface area contributed by atoms with Gasteiger partial charge in [-0.3, -0.25) is 4.79 Å². The zero-order chi connectivity index (χ0) is 15.7. The van der Waals surface area contributed by atoms with Gasteiger partial charge in [0.15, 0.2) is 5.78 Å². The molecule has 3 rings (SSSR count). The van der Waals surface area contributed by atoms with Crippen molar-refractivity contribution in [2.24, 2.45) is 5.92 Å². The molecular formula is C18H25NOS2. The molecule has 2 aliphatic rings. The molecule has 120 valence electrons. The van der Waals surface area contributed by atoms with Crippen LogP contribution < -0.4 is 5.32 Å². The van der Waals surface area contributed by atoms with Gasteiger partial charge in [-0.05, 0) is 44.4 Å². The zero-order valence-corrected chi connectivity index (χ0v) is 15.3. The lowest BCUT2D eigenvalue weighted by atomic mass is 9.84. The lowest BCUT2D eigenvalue weighted by Gasteiger charge is -2.34. The van der Waals surface area contributed by atoms with Crippen molar-refractivity contribution < 1.29 is 4.79 Å².